The van der Waals surface area contributed by atoms with E-state index in [4.69, 9.17) is 0 Å². The fourth-order valence-corrected chi connectivity index (χ4v) is 1.70. The topological polar surface area (TPSA) is 52.6 Å². The van der Waals surface area contributed by atoms with Crippen molar-refractivity contribution in [1.29, 1.82) is 0 Å². The molecule has 0 atom stereocenters. The van der Waals surface area contributed by atoms with Crippen LogP contribution in [0.2, 0.25) is 0 Å². The number of hydrogen-bond acceptors (Lipinski definition) is 4. The molecule has 0 unspecified atom stereocenters. The third-order valence-corrected chi connectivity index (χ3v) is 2.82. The maximum absolute atomic E-state index is 11.9. The molecule has 4 nitrogen and oxygen atoms in total. The summed E-state index contributed by atoms with van der Waals surface area (Å²) in [5.41, 5.74) is 2.39. The monoisotopic (exact) mass is 270 g/mol. The predicted molar refractivity (Wildman–Crippen MR) is 73.2 cm³/mol. The van der Waals surface area contributed by atoms with E-state index in [1.807, 2.05) is 19.1 Å². The van der Waals surface area contributed by atoms with Crippen LogP contribution in [-0.2, 0) is 9.78 Å². The van der Waals surface area contributed by atoms with Gasteiger partial charge in [-0.05, 0) is 37.6 Å². The molecule has 0 spiro atoms. The van der Waals surface area contributed by atoms with Gasteiger partial charge in [0.2, 0.25) is 0 Å². The van der Waals surface area contributed by atoms with Gasteiger partial charge in [0.05, 0.1) is 11.1 Å². The summed E-state index contributed by atoms with van der Waals surface area (Å²) in [5.74, 6) is -1.39. The van der Waals surface area contributed by atoms with Crippen LogP contribution in [-0.4, -0.2) is 11.9 Å². The van der Waals surface area contributed by atoms with Crippen molar-refractivity contribution in [2.75, 3.05) is 0 Å². The maximum atomic E-state index is 11.9. The Morgan fingerprint density at radius 1 is 0.850 bits per heavy atom. The highest BCUT2D eigenvalue weighted by atomic mass is 17.2. The Kier molecular flexibility index (Phi) is 4.15. The van der Waals surface area contributed by atoms with E-state index in [2.05, 4.69) is 9.78 Å². The van der Waals surface area contributed by atoms with Crippen LogP contribution in [0.15, 0.2) is 48.5 Å². The van der Waals surface area contributed by atoms with Crippen LogP contribution in [0.25, 0.3) is 0 Å². The zero-order valence-corrected chi connectivity index (χ0v) is 11.3. The molecule has 2 aromatic carbocycles. The molecule has 0 saturated carbocycles. The molecule has 0 saturated heterocycles. The minimum absolute atomic E-state index is 0.321. The van der Waals surface area contributed by atoms with E-state index in [9.17, 15) is 9.59 Å². The van der Waals surface area contributed by atoms with Gasteiger partial charge in [-0.1, -0.05) is 35.9 Å². The first-order chi connectivity index (χ1) is 9.58. The quantitative estimate of drug-likeness (QED) is 0.621. The fourth-order valence-electron chi connectivity index (χ4n) is 1.70. The van der Waals surface area contributed by atoms with Crippen LogP contribution in [0, 0.1) is 13.8 Å². The van der Waals surface area contributed by atoms with E-state index in [0.29, 0.717) is 11.1 Å². The third-order valence-electron chi connectivity index (χ3n) is 2.82. The lowest BCUT2D eigenvalue weighted by atomic mass is 10.1. The molecular formula is C16H14O4. The molecule has 4 heteroatoms. The van der Waals surface area contributed by atoms with Crippen molar-refractivity contribution in [3.63, 3.8) is 0 Å². The standard InChI is InChI=1S/C16H14O4/c1-11-8-9-12(2)14(10-11)16(18)20-19-15(17)13-6-4-3-5-7-13/h3-10H,1-2H3. The van der Waals surface area contributed by atoms with Crippen molar-refractivity contribution in [2.24, 2.45) is 0 Å². The predicted octanol–water partition coefficient (Wildman–Crippen LogP) is 3.23. The van der Waals surface area contributed by atoms with Crippen molar-refractivity contribution in [2.45, 2.75) is 13.8 Å². The lowest BCUT2D eigenvalue weighted by Crippen LogP contribution is -2.12. The Labute approximate surface area is 116 Å². The van der Waals surface area contributed by atoms with Crippen molar-refractivity contribution in [1.82, 2.24) is 0 Å². The molecular weight excluding hydrogens is 256 g/mol. The summed E-state index contributed by atoms with van der Waals surface area (Å²) >= 11 is 0. The Hall–Kier alpha value is -2.62. The van der Waals surface area contributed by atoms with Gasteiger partial charge in [-0.15, -0.1) is 0 Å². The summed E-state index contributed by atoms with van der Waals surface area (Å²) in [4.78, 5) is 32.6. The van der Waals surface area contributed by atoms with Gasteiger partial charge >= 0.3 is 11.9 Å². The second-order valence-corrected chi connectivity index (χ2v) is 4.43. The number of carbonyl (C=O) groups excluding carboxylic acids is 2. The first kappa shape index (κ1) is 13.8. The highest BCUT2D eigenvalue weighted by Crippen LogP contribution is 2.12. The van der Waals surface area contributed by atoms with Crippen molar-refractivity contribution < 1.29 is 19.4 Å². The average molecular weight is 270 g/mol. The van der Waals surface area contributed by atoms with Gasteiger partial charge in [0, 0.05) is 0 Å². The number of hydrogen-bond donors (Lipinski definition) is 0. The van der Waals surface area contributed by atoms with E-state index < -0.39 is 11.9 Å². The molecule has 0 N–H and O–H groups in total. The molecule has 2 rings (SSSR count). The van der Waals surface area contributed by atoms with Crippen molar-refractivity contribution in [3.8, 4) is 0 Å². The summed E-state index contributed by atoms with van der Waals surface area (Å²) in [6, 6.07) is 13.7. The molecule has 0 aromatic heterocycles. The highest BCUT2D eigenvalue weighted by Gasteiger charge is 2.15. The van der Waals surface area contributed by atoms with Crippen LogP contribution in [0.5, 0.6) is 0 Å². The zero-order chi connectivity index (χ0) is 14.5. The van der Waals surface area contributed by atoms with E-state index in [0.717, 1.165) is 11.1 Å². The molecule has 0 radical (unpaired) electrons. The number of aryl methyl sites for hydroxylation is 2. The molecule has 0 bridgehead atoms. The van der Waals surface area contributed by atoms with Crippen LogP contribution in [0.3, 0.4) is 0 Å². The van der Waals surface area contributed by atoms with Crippen molar-refractivity contribution >= 4 is 11.9 Å². The molecule has 0 amide bonds. The fraction of sp³-hybridized carbons (Fsp3) is 0.125. The van der Waals surface area contributed by atoms with Crippen LogP contribution in [0.1, 0.15) is 31.8 Å². The average Bonchev–Trinajstić information content (AvgIpc) is 2.47. The van der Waals surface area contributed by atoms with E-state index in [1.54, 1.807) is 43.3 Å². The Morgan fingerprint density at radius 3 is 2.20 bits per heavy atom. The Balaban J connectivity index is 2.02. The lowest BCUT2D eigenvalue weighted by molar-refractivity contribution is -0.187. The highest BCUT2D eigenvalue weighted by molar-refractivity contribution is 5.93. The Morgan fingerprint density at radius 2 is 1.50 bits per heavy atom. The molecule has 102 valence electrons. The van der Waals surface area contributed by atoms with Crippen LogP contribution < -0.4 is 0 Å². The minimum atomic E-state index is -0.704. The van der Waals surface area contributed by atoms with E-state index >= 15 is 0 Å². The van der Waals surface area contributed by atoms with Gasteiger partial charge in [0.1, 0.15) is 0 Å². The van der Waals surface area contributed by atoms with Crippen molar-refractivity contribution in [3.05, 3.63) is 70.8 Å². The Bertz CT molecular complexity index is 632. The van der Waals surface area contributed by atoms with Gasteiger partial charge in [0.15, 0.2) is 0 Å². The smallest absolute Gasteiger partial charge is 0.242 e. The van der Waals surface area contributed by atoms with E-state index in [1.165, 1.54) is 0 Å². The molecule has 0 aliphatic heterocycles. The summed E-state index contributed by atoms with van der Waals surface area (Å²) < 4.78 is 0. The zero-order valence-electron chi connectivity index (χ0n) is 11.3. The molecule has 2 aromatic rings. The molecule has 0 aliphatic carbocycles. The number of carbonyl (C=O) groups is 2. The van der Waals surface area contributed by atoms with Gasteiger partial charge in [0.25, 0.3) is 0 Å². The summed E-state index contributed by atoms with van der Waals surface area (Å²) in [5, 5.41) is 0. The second-order valence-electron chi connectivity index (χ2n) is 4.43. The number of benzene rings is 2. The third kappa shape index (κ3) is 3.23. The van der Waals surface area contributed by atoms with E-state index in [-0.39, 0.29) is 0 Å². The summed E-state index contributed by atoms with van der Waals surface area (Å²) in [6.07, 6.45) is 0. The van der Waals surface area contributed by atoms with Crippen LogP contribution >= 0.6 is 0 Å². The first-order valence-corrected chi connectivity index (χ1v) is 6.13. The lowest BCUT2D eigenvalue weighted by Gasteiger charge is -2.06. The summed E-state index contributed by atoms with van der Waals surface area (Å²) in [7, 11) is 0. The first-order valence-electron chi connectivity index (χ1n) is 6.13. The molecule has 0 fully saturated rings. The SMILES string of the molecule is Cc1ccc(C)c(C(=O)OOC(=O)c2ccccc2)c1. The number of rotatable bonds is 2. The van der Waals surface area contributed by atoms with Gasteiger partial charge in [-0.2, -0.15) is 0 Å². The van der Waals surface area contributed by atoms with Gasteiger partial charge < -0.3 is 0 Å². The second kappa shape index (κ2) is 6.02. The normalized spacial score (nSPS) is 9.90. The summed E-state index contributed by atoms with van der Waals surface area (Å²) in [6.45, 7) is 3.65. The molecule has 20 heavy (non-hydrogen) atoms. The minimum Gasteiger partial charge on any atom is -0.242 e. The largest absolute Gasteiger partial charge is 0.386 e. The maximum Gasteiger partial charge on any atom is 0.386 e. The van der Waals surface area contributed by atoms with Gasteiger partial charge in [-0.25, -0.2) is 19.4 Å². The van der Waals surface area contributed by atoms with Crippen LogP contribution in [0.4, 0.5) is 0 Å². The van der Waals surface area contributed by atoms with Gasteiger partial charge in [-0.3, -0.25) is 0 Å². The molecule has 0 heterocycles. The molecule has 0 aliphatic rings.